The van der Waals surface area contributed by atoms with Gasteiger partial charge in [-0.2, -0.15) is 0 Å². The summed E-state index contributed by atoms with van der Waals surface area (Å²) in [7, 11) is 0. The van der Waals surface area contributed by atoms with Crippen LogP contribution in [0.15, 0.2) is 97.1 Å². The average molecular weight is 385 g/mol. The molecule has 2 atom stereocenters. The SMILES string of the molecule is C1=CC(Cc2cccc3cccc(CC4C=Cc5ccccc54)c23)c2ccccc21. The van der Waals surface area contributed by atoms with Crippen LogP contribution in [0.5, 0.6) is 0 Å². The van der Waals surface area contributed by atoms with E-state index in [0.717, 1.165) is 12.8 Å². The van der Waals surface area contributed by atoms with Crippen LogP contribution in [0.25, 0.3) is 22.9 Å². The third-order valence-corrected chi connectivity index (χ3v) is 6.76. The summed E-state index contributed by atoms with van der Waals surface area (Å²) in [5, 5.41) is 2.81. The molecule has 0 aromatic heterocycles. The van der Waals surface area contributed by atoms with Crippen LogP contribution >= 0.6 is 0 Å². The molecular formula is C30H24. The fourth-order valence-electron chi connectivity index (χ4n) is 5.32. The fourth-order valence-corrected chi connectivity index (χ4v) is 5.32. The maximum absolute atomic E-state index is 2.38. The van der Waals surface area contributed by atoms with Gasteiger partial charge in [0.15, 0.2) is 0 Å². The van der Waals surface area contributed by atoms with Gasteiger partial charge in [0.2, 0.25) is 0 Å². The van der Waals surface area contributed by atoms with Gasteiger partial charge < -0.3 is 0 Å². The summed E-state index contributed by atoms with van der Waals surface area (Å²) in [6, 6.07) is 31.2. The van der Waals surface area contributed by atoms with E-state index in [2.05, 4.69) is 109 Å². The summed E-state index contributed by atoms with van der Waals surface area (Å²) in [6.45, 7) is 0. The van der Waals surface area contributed by atoms with E-state index in [-0.39, 0.29) is 0 Å². The monoisotopic (exact) mass is 384 g/mol. The Morgan fingerprint density at radius 1 is 0.500 bits per heavy atom. The lowest BCUT2D eigenvalue weighted by molar-refractivity contribution is 0.842. The molecule has 0 fully saturated rings. The Balaban J connectivity index is 1.39. The van der Waals surface area contributed by atoms with Gasteiger partial charge in [0.25, 0.3) is 0 Å². The van der Waals surface area contributed by atoms with Crippen molar-refractivity contribution in [1.82, 2.24) is 0 Å². The second kappa shape index (κ2) is 7.15. The quantitative estimate of drug-likeness (QED) is 0.341. The van der Waals surface area contributed by atoms with Gasteiger partial charge in [-0.15, -0.1) is 0 Å². The van der Waals surface area contributed by atoms with Crippen LogP contribution in [0, 0.1) is 0 Å². The van der Waals surface area contributed by atoms with E-state index in [1.54, 1.807) is 0 Å². The number of benzene rings is 4. The minimum atomic E-state index is 0.465. The molecule has 2 unspecified atom stereocenters. The molecule has 0 nitrogen and oxygen atoms in total. The van der Waals surface area contributed by atoms with Crippen molar-refractivity contribution in [1.29, 1.82) is 0 Å². The highest BCUT2D eigenvalue weighted by molar-refractivity contribution is 5.89. The van der Waals surface area contributed by atoms with Crippen LogP contribution in [-0.4, -0.2) is 0 Å². The third kappa shape index (κ3) is 2.92. The zero-order chi connectivity index (χ0) is 19.9. The molecule has 0 heterocycles. The molecule has 2 aliphatic carbocycles. The van der Waals surface area contributed by atoms with Gasteiger partial charge >= 0.3 is 0 Å². The number of hydrogen-bond acceptors (Lipinski definition) is 0. The number of hydrogen-bond donors (Lipinski definition) is 0. The van der Waals surface area contributed by atoms with E-state index in [1.165, 1.54) is 44.2 Å². The molecule has 30 heavy (non-hydrogen) atoms. The first-order chi connectivity index (χ1) is 14.9. The Morgan fingerprint density at radius 2 is 1.00 bits per heavy atom. The normalized spacial score (nSPS) is 18.7. The van der Waals surface area contributed by atoms with E-state index in [0.29, 0.717) is 11.8 Å². The van der Waals surface area contributed by atoms with Crippen molar-refractivity contribution in [3.8, 4) is 0 Å². The Kier molecular flexibility index (Phi) is 4.16. The molecule has 4 aromatic carbocycles. The lowest BCUT2D eigenvalue weighted by Gasteiger charge is -2.18. The number of rotatable bonds is 4. The maximum atomic E-state index is 2.38. The number of allylic oxidation sites excluding steroid dienone is 2. The van der Waals surface area contributed by atoms with Gasteiger partial charge in [-0.05, 0) is 57.0 Å². The van der Waals surface area contributed by atoms with Crippen LogP contribution in [0.3, 0.4) is 0 Å². The average Bonchev–Trinajstić information content (AvgIpc) is 3.39. The Bertz CT molecular complexity index is 1210. The Morgan fingerprint density at radius 3 is 1.53 bits per heavy atom. The predicted octanol–water partition coefficient (Wildman–Crippen LogP) is 7.55. The molecule has 6 rings (SSSR count). The van der Waals surface area contributed by atoms with Gasteiger partial charge in [-0.25, -0.2) is 0 Å². The summed E-state index contributed by atoms with van der Waals surface area (Å²) >= 11 is 0. The first-order valence-electron chi connectivity index (χ1n) is 10.9. The van der Waals surface area contributed by atoms with Crippen LogP contribution in [-0.2, 0) is 12.8 Å². The van der Waals surface area contributed by atoms with Crippen LogP contribution in [0.1, 0.15) is 45.2 Å². The highest BCUT2D eigenvalue weighted by atomic mass is 14.2. The van der Waals surface area contributed by atoms with Gasteiger partial charge in [-0.1, -0.05) is 109 Å². The molecule has 144 valence electrons. The Hall–Kier alpha value is -3.38. The van der Waals surface area contributed by atoms with Crippen molar-refractivity contribution in [2.45, 2.75) is 24.7 Å². The molecule has 0 amide bonds. The first kappa shape index (κ1) is 17.5. The van der Waals surface area contributed by atoms with Crippen molar-refractivity contribution in [3.63, 3.8) is 0 Å². The molecule has 0 heteroatoms. The summed E-state index contributed by atoms with van der Waals surface area (Å²) in [5.74, 6) is 0.930. The van der Waals surface area contributed by atoms with Crippen LogP contribution in [0.2, 0.25) is 0 Å². The van der Waals surface area contributed by atoms with Crippen molar-refractivity contribution < 1.29 is 0 Å². The topological polar surface area (TPSA) is 0 Å². The summed E-state index contributed by atoms with van der Waals surface area (Å²) in [6.07, 6.45) is 11.4. The molecule has 2 aliphatic rings. The lowest BCUT2D eigenvalue weighted by Crippen LogP contribution is -2.03. The van der Waals surface area contributed by atoms with Crippen molar-refractivity contribution in [2.75, 3.05) is 0 Å². The molecule has 0 spiro atoms. The fraction of sp³-hybridized carbons (Fsp3) is 0.133. The van der Waals surface area contributed by atoms with E-state index < -0.39 is 0 Å². The number of fused-ring (bicyclic) bond motifs is 3. The van der Waals surface area contributed by atoms with E-state index >= 15 is 0 Å². The van der Waals surface area contributed by atoms with Gasteiger partial charge in [0, 0.05) is 11.8 Å². The van der Waals surface area contributed by atoms with Crippen LogP contribution in [0.4, 0.5) is 0 Å². The molecule has 0 saturated heterocycles. The standard InChI is InChI=1S/C30H24/c1-3-13-28-21(7-1)15-17-24(28)19-26-11-5-9-23-10-6-12-27(30(23)26)20-25-18-16-22-8-2-4-14-29(22)25/h1-18,24-25H,19-20H2. The minimum Gasteiger partial charge on any atom is -0.0760 e. The maximum Gasteiger partial charge on any atom is 0.00678 e. The van der Waals surface area contributed by atoms with E-state index in [9.17, 15) is 0 Å². The van der Waals surface area contributed by atoms with Crippen LogP contribution < -0.4 is 0 Å². The largest absolute Gasteiger partial charge is 0.0760 e. The van der Waals surface area contributed by atoms with E-state index in [1.807, 2.05) is 0 Å². The lowest BCUT2D eigenvalue weighted by atomic mass is 9.86. The summed E-state index contributed by atoms with van der Waals surface area (Å²) in [5.41, 5.74) is 8.58. The minimum absolute atomic E-state index is 0.465. The molecular weight excluding hydrogens is 360 g/mol. The molecule has 0 saturated carbocycles. The molecule has 0 aliphatic heterocycles. The predicted molar refractivity (Wildman–Crippen MR) is 128 cm³/mol. The first-order valence-corrected chi connectivity index (χ1v) is 10.9. The highest BCUT2D eigenvalue weighted by Crippen LogP contribution is 2.37. The smallest absolute Gasteiger partial charge is 0.00678 e. The molecule has 0 radical (unpaired) electrons. The zero-order valence-electron chi connectivity index (χ0n) is 17.0. The second-order valence-electron chi connectivity index (χ2n) is 8.53. The highest BCUT2D eigenvalue weighted by Gasteiger charge is 2.21. The van der Waals surface area contributed by atoms with E-state index in [4.69, 9.17) is 0 Å². The molecule has 0 N–H and O–H groups in total. The molecule has 0 bridgehead atoms. The van der Waals surface area contributed by atoms with Gasteiger partial charge in [0.05, 0.1) is 0 Å². The van der Waals surface area contributed by atoms with Crippen molar-refractivity contribution in [3.05, 3.63) is 130 Å². The summed E-state index contributed by atoms with van der Waals surface area (Å²) in [4.78, 5) is 0. The van der Waals surface area contributed by atoms with Crippen molar-refractivity contribution >= 4 is 22.9 Å². The molecule has 4 aromatic rings. The van der Waals surface area contributed by atoms with Gasteiger partial charge in [0.1, 0.15) is 0 Å². The third-order valence-electron chi connectivity index (χ3n) is 6.76. The zero-order valence-corrected chi connectivity index (χ0v) is 17.0. The van der Waals surface area contributed by atoms with Crippen molar-refractivity contribution in [2.24, 2.45) is 0 Å². The second-order valence-corrected chi connectivity index (χ2v) is 8.53. The summed E-state index contributed by atoms with van der Waals surface area (Å²) < 4.78 is 0. The Labute approximate surface area is 178 Å². The van der Waals surface area contributed by atoms with Gasteiger partial charge in [-0.3, -0.25) is 0 Å².